The Morgan fingerprint density at radius 1 is 1.31 bits per heavy atom. The summed E-state index contributed by atoms with van der Waals surface area (Å²) < 4.78 is 59.7. The lowest BCUT2D eigenvalue weighted by Gasteiger charge is -2.33. The summed E-state index contributed by atoms with van der Waals surface area (Å²) in [6.45, 7) is 2.78. The van der Waals surface area contributed by atoms with Gasteiger partial charge in [-0.25, -0.2) is 9.18 Å². The second-order valence-electron chi connectivity index (χ2n) is 8.09. The number of nitrogens with zero attached hydrogens (tertiary/aromatic N) is 4. The first kappa shape index (κ1) is 20.5. The monoisotopic (exact) mass is 449 g/mol. The quantitative estimate of drug-likeness (QED) is 0.550. The van der Waals surface area contributed by atoms with Gasteiger partial charge in [-0.2, -0.15) is 18.3 Å². The molecule has 0 radical (unpaired) electrons. The van der Waals surface area contributed by atoms with Crippen LogP contribution in [-0.4, -0.2) is 31.9 Å². The van der Waals surface area contributed by atoms with Crippen LogP contribution in [0.3, 0.4) is 0 Å². The molecule has 0 fully saturated rings. The maximum absolute atomic E-state index is 13.6. The number of amides is 2. The van der Waals surface area contributed by atoms with Gasteiger partial charge < -0.3 is 14.7 Å². The van der Waals surface area contributed by atoms with E-state index < -0.39 is 23.6 Å². The average molecular weight is 449 g/mol. The number of carbonyl (C=O) groups excluding carboxylic acids is 1. The third-order valence-electron chi connectivity index (χ3n) is 5.95. The van der Waals surface area contributed by atoms with Crippen LogP contribution >= 0.6 is 0 Å². The molecule has 2 aliphatic heterocycles. The van der Waals surface area contributed by atoms with E-state index >= 15 is 0 Å². The van der Waals surface area contributed by atoms with Crippen LogP contribution in [0, 0.1) is 5.82 Å². The molecule has 0 saturated carbocycles. The first-order valence-electron chi connectivity index (χ1n) is 10.2. The molecule has 1 aromatic carbocycles. The van der Waals surface area contributed by atoms with Crippen LogP contribution < -0.4 is 5.32 Å². The van der Waals surface area contributed by atoms with Crippen molar-refractivity contribution >= 4 is 11.7 Å². The van der Waals surface area contributed by atoms with Crippen molar-refractivity contribution in [1.82, 2.24) is 19.8 Å². The zero-order chi connectivity index (χ0) is 22.6. The first-order chi connectivity index (χ1) is 15.2. The smallest absolute Gasteiger partial charge is 0.364 e. The van der Waals surface area contributed by atoms with Crippen molar-refractivity contribution in [3.63, 3.8) is 0 Å². The summed E-state index contributed by atoms with van der Waals surface area (Å²) in [5, 5.41) is 11.3. The topological polar surface area (TPSA) is 76.2 Å². The van der Waals surface area contributed by atoms with E-state index in [0.717, 1.165) is 48.0 Å². The molecule has 168 valence electrons. The van der Waals surface area contributed by atoms with Crippen molar-refractivity contribution in [2.45, 2.75) is 51.5 Å². The summed E-state index contributed by atoms with van der Waals surface area (Å²) in [6.07, 6.45) is -1.05. The van der Waals surface area contributed by atoms with Crippen molar-refractivity contribution in [2.75, 3.05) is 5.32 Å². The largest absolute Gasteiger partial charge is 0.419 e. The van der Waals surface area contributed by atoms with Gasteiger partial charge in [0.1, 0.15) is 17.8 Å². The number of hydrogen-bond donors (Lipinski definition) is 1. The number of alkyl halides is 3. The molecule has 3 aromatic rings. The Morgan fingerprint density at radius 2 is 2.12 bits per heavy atom. The summed E-state index contributed by atoms with van der Waals surface area (Å²) in [6, 6.07) is 1.59. The van der Waals surface area contributed by atoms with Gasteiger partial charge in [-0.1, -0.05) is 5.16 Å². The van der Waals surface area contributed by atoms with E-state index in [0.29, 0.717) is 24.2 Å². The molecule has 2 aliphatic rings. The predicted molar refractivity (Wildman–Crippen MR) is 105 cm³/mol. The van der Waals surface area contributed by atoms with Gasteiger partial charge >= 0.3 is 12.2 Å². The zero-order valence-corrected chi connectivity index (χ0v) is 17.0. The molecule has 32 heavy (non-hydrogen) atoms. The summed E-state index contributed by atoms with van der Waals surface area (Å²) >= 11 is 0. The molecule has 1 atom stereocenters. The SMILES string of the molecule is CC1Cc2nn3c(c2CN1C(=O)Nc1ccc(F)c(C(F)(F)F)c1)-c1nocc1CCC3. The molecule has 4 heterocycles. The summed E-state index contributed by atoms with van der Waals surface area (Å²) in [5.74, 6) is -1.39. The van der Waals surface area contributed by atoms with Gasteiger partial charge in [-0.3, -0.25) is 4.68 Å². The maximum Gasteiger partial charge on any atom is 0.419 e. The Kier molecular flexibility index (Phi) is 4.72. The van der Waals surface area contributed by atoms with E-state index in [1.165, 1.54) is 4.90 Å². The number of aryl methyl sites for hydroxylation is 2. The van der Waals surface area contributed by atoms with E-state index in [2.05, 4.69) is 10.5 Å². The van der Waals surface area contributed by atoms with Crippen LogP contribution in [0.4, 0.5) is 28.0 Å². The Balaban J connectivity index is 1.44. The number of hydrogen-bond acceptors (Lipinski definition) is 4. The molecule has 0 bridgehead atoms. The van der Waals surface area contributed by atoms with Crippen LogP contribution in [0.1, 0.15) is 35.7 Å². The molecule has 2 amide bonds. The summed E-state index contributed by atoms with van der Waals surface area (Å²) in [5.41, 5.74) is 2.66. The highest BCUT2D eigenvalue weighted by molar-refractivity contribution is 5.90. The Morgan fingerprint density at radius 3 is 2.91 bits per heavy atom. The second-order valence-corrected chi connectivity index (χ2v) is 8.09. The van der Waals surface area contributed by atoms with Crippen LogP contribution in [-0.2, 0) is 32.1 Å². The van der Waals surface area contributed by atoms with Crippen molar-refractivity contribution in [3.05, 3.63) is 52.7 Å². The molecular formula is C21H19F4N5O2. The number of nitrogens with one attached hydrogen (secondary N) is 1. The molecule has 1 unspecified atom stereocenters. The predicted octanol–water partition coefficient (Wildman–Crippen LogP) is 4.62. The summed E-state index contributed by atoms with van der Waals surface area (Å²) in [4.78, 5) is 14.5. The van der Waals surface area contributed by atoms with Crippen LogP contribution in [0.2, 0.25) is 0 Å². The van der Waals surface area contributed by atoms with E-state index in [-0.39, 0.29) is 18.3 Å². The standard InChI is InChI=1S/C21H19F4N5O2/c1-11-7-17-14(19-18-12(10-32-28-18)3-2-6-30(19)27-17)9-29(11)20(31)26-13-4-5-16(22)15(8-13)21(23,24)25/h4-5,8,10-11H,2-3,6-7,9H2,1H3,(H,26,31). The highest BCUT2D eigenvalue weighted by Gasteiger charge is 2.36. The minimum absolute atomic E-state index is 0.130. The van der Waals surface area contributed by atoms with Crippen LogP contribution in [0.5, 0.6) is 0 Å². The Bertz CT molecular complexity index is 1200. The molecule has 0 spiro atoms. The van der Waals surface area contributed by atoms with Gasteiger partial charge in [-0.05, 0) is 38.0 Å². The van der Waals surface area contributed by atoms with Gasteiger partial charge in [-0.15, -0.1) is 0 Å². The fourth-order valence-electron chi connectivity index (χ4n) is 4.36. The van der Waals surface area contributed by atoms with Crippen LogP contribution in [0.25, 0.3) is 11.4 Å². The number of halogens is 4. The minimum atomic E-state index is -4.86. The van der Waals surface area contributed by atoms with E-state index in [4.69, 9.17) is 9.62 Å². The fourth-order valence-corrected chi connectivity index (χ4v) is 4.36. The van der Waals surface area contributed by atoms with E-state index in [9.17, 15) is 22.4 Å². The lowest BCUT2D eigenvalue weighted by atomic mass is 9.98. The van der Waals surface area contributed by atoms with E-state index in [1.54, 1.807) is 6.26 Å². The van der Waals surface area contributed by atoms with E-state index in [1.807, 2.05) is 11.6 Å². The Hall–Kier alpha value is -3.37. The third kappa shape index (κ3) is 3.41. The van der Waals surface area contributed by atoms with Gasteiger partial charge in [0.25, 0.3) is 0 Å². The number of aromatic nitrogens is 3. The van der Waals surface area contributed by atoms with Crippen molar-refractivity contribution in [2.24, 2.45) is 0 Å². The maximum atomic E-state index is 13.6. The molecule has 5 rings (SSSR count). The number of benzene rings is 1. The lowest BCUT2D eigenvalue weighted by Crippen LogP contribution is -2.44. The molecule has 7 nitrogen and oxygen atoms in total. The molecule has 0 saturated heterocycles. The lowest BCUT2D eigenvalue weighted by molar-refractivity contribution is -0.139. The Labute approximate surface area is 180 Å². The first-order valence-corrected chi connectivity index (χ1v) is 10.2. The second kappa shape index (κ2) is 7.35. The number of rotatable bonds is 1. The van der Waals surface area contributed by atoms with Gasteiger partial charge in [0.15, 0.2) is 0 Å². The molecule has 1 N–H and O–H groups in total. The fraction of sp³-hybridized carbons (Fsp3) is 0.381. The highest BCUT2D eigenvalue weighted by atomic mass is 19.4. The molecule has 2 aromatic heterocycles. The summed E-state index contributed by atoms with van der Waals surface area (Å²) in [7, 11) is 0. The zero-order valence-electron chi connectivity index (χ0n) is 17.0. The highest BCUT2D eigenvalue weighted by Crippen LogP contribution is 2.36. The van der Waals surface area contributed by atoms with Crippen molar-refractivity contribution in [1.29, 1.82) is 0 Å². The number of urea groups is 1. The third-order valence-corrected chi connectivity index (χ3v) is 5.95. The number of fused-ring (bicyclic) bond motifs is 5. The van der Waals surface area contributed by atoms with Crippen LogP contribution in [0.15, 0.2) is 29.0 Å². The van der Waals surface area contributed by atoms with Crippen molar-refractivity contribution in [3.8, 4) is 11.4 Å². The normalized spacial score (nSPS) is 17.9. The minimum Gasteiger partial charge on any atom is -0.364 e. The van der Waals surface area contributed by atoms with Gasteiger partial charge in [0.2, 0.25) is 0 Å². The molecule has 11 heteroatoms. The van der Waals surface area contributed by atoms with Gasteiger partial charge in [0.05, 0.1) is 23.5 Å². The average Bonchev–Trinajstić information content (AvgIpc) is 3.27. The number of anilines is 1. The number of carbonyl (C=O) groups is 1. The van der Waals surface area contributed by atoms with Gasteiger partial charge in [0, 0.05) is 35.8 Å². The molecule has 0 aliphatic carbocycles. The molecular weight excluding hydrogens is 430 g/mol. The van der Waals surface area contributed by atoms with Crippen molar-refractivity contribution < 1.29 is 26.9 Å².